The van der Waals surface area contributed by atoms with E-state index >= 15 is 0 Å². The van der Waals surface area contributed by atoms with Crippen molar-refractivity contribution in [3.05, 3.63) is 12.7 Å². The van der Waals surface area contributed by atoms with E-state index in [1.807, 2.05) is 0 Å². The third-order valence-corrected chi connectivity index (χ3v) is 0.494. The maximum Gasteiger partial charge on any atom is 1.00 e. The molecule has 9 heteroatoms. The van der Waals surface area contributed by atoms with E-state index in [-0.39, 0.29) is 42.8 Å². The summed E-state index contributed by atoms with van der Waals surface area (Å²) in [5, 5.41) is 9.64. The molecular weight excluding hydrogens is 226 g/mol. The summed E-state index contributed by atoms with van der Waals surface area (Å²) in [6.45, 7) is 2.68. The van der Waals surface area contributed by atoms with Gasteiger partial charge in [-0.15, -0.1) is 6.61 Å². The molecule has 0 aliphatic heterocycles. The topological polar surface area (TPSA) is 127 Å². The smallest absolute Gasteiger partial charge is 0.852 e. The van der Waals surface area contributed by atoms with Gasteiger partial charge in [0.15, 0.2) is 0 Å². The normalized spacial score (nSPS) is 8.86. The van der Waals surface area contributed by atoms with E-state index in [2.05, 4.69) is 11.3 Å². The Morgan fingerprint density at radius 3 is 2.07 bits per heavy atom. The van der Waals surface area contributed by atoms with E-state index in [0.717, 1.165) is 6.08 Å². The van der Waals surface area contributed by atoms with Crippen molar-refractivity contribution in [2.45, 2.75) is 0 Å². The van der Waals surface area contributed by atoms with E-state index < -0.39 is 13.8 Å². The summed E-state index contributed by atoms with van der Waals surface area (Å²) in [6, 6.07) is 0. The average molecular weight is 236 g/mol. The molecule has 0 saturated carbocycles. The Morgan fingerprint density at radius 2 is 1.86 bits per heavy atom. The molecule has 0 spiro atoms. The summed E-state index contributed by atoms with van der Waals surface area (Å²) < 4.78 is 13.2. The molecule has 14 heavy (non-hydrogen) atoms. The monoisotopic (exact) mass is 236 g/mol. The zero-order chi connectivity index (χ0) is 10.9. The molecule has 7 nitrogen and oxygen atoms in total. The molecule has 0 aliphatic rings. The Labute approximate surface area is 103 Å². The zero-order valence-corrected chi connectivity index (χ0v) is 10.5. The molecule has 0 rings (SSSR count). The molecule has 0 aromatic carbocycles. The van der Waals surface area contributed by atoms with Crippen molar-refractivity contribution in [1.29, 1.82) is 0 Å². The van der Waals surface area contributed by atoms with Gasteiger partial charge in [-0.2, -0.15) is 0 Å². The van der Waals surface area contributed by atoms with Crippen LogP contribution in [-0.4, -0.2) is 33.9 Å². The summed E-state index contributed by atoms with van der Waals surface area (Å²) in [5.74, 6) is -0.541. The molecule has 0 aliphatic carbocycles. The van der Waals surface area contributed by atoms with Gasteiger partial charge in [0.25, 0.3) is 0 Å². The minimum Gasteiger partial charge on any atom is -0.852 e. The molecule has 0 atom stereocenters. The van der Waals surface area contributed by atoms with Gasteiger partial charge in [-0.3, -0.25) is 0 Å². The third-order valence-electron chi connectivity index (χ3n) is 0.494. The maximum absolute atomic E-state index is 10.1. The van der Waals surface area contributed by atoms with Crippen LogP contribution in [0.1, 0.15) is 0 Å². The second-order valence-electron chi connectivity index (χ2n) is 1.59. The number of hydrogen-bond donors (Lipinski definition) is 3. The summed E-state index contributed by atoms with van der Waals surface area (Å²) in [6.07, 6.45) is 1.02. The summed E-state index contributed by atoms with van der Waals surface area (Å²) in [4.78, 5) is 31.7. The van der Waals surface area contributed by atoms with E-state index in [1.165, 1.54) is 0 Å². The van der Waals surface area contributed by atoms with Crippen molar-refractivity contribution < 1.29 is 63.4 Å². The van der Waals surface area contributed by atoms with Crippen LogP contribution in [0.15, 0.2) is 12.7 Å². The van der Waals surface area contributed by atoms with Gasteiger partial charge in [0.1, 0.15) is 0 Å². The van der Waals surface area contributed by atoms with Gasteiger partial charge in [-0.25, -0.2) is 9.36 Å². The fourth-order valence-corrected chi connectivity index (χ4v) is 0.201. The van der Waals surface area contributed by atoms with Crippen molar-refractivity contribution in [2.75, 3.05) is 13.2 Å². The first-order valence-electron chi connectivity index (χ1n) is 2.97. The van der Waals surface area contributed by atoms with Crippen LogP contribution in [0.4, 0.5) is 0 Å². The molecule has 0 saturated heterocycles. The number of carbonyl (C=O) groups is 1. The number of phosphoric acid groups is 1. The Balaban J connectivity index is -0.000000177. The molecule has 0 fully saturated rings. The first kappa shape index (κ1) is 19.8. The second kappa shape index (κ2) is 11.4. The van der Waals surface area contributed by atoms with Gasteiger partial charge >= 0.3 is 43.3 Å². The SMILES string of the molecule is C=CC(=O)OCC[O-].O=P(O)(O)O.[Na+]. The molecule has 0 unspecified atom stereocenters. The Bertz CT molecular complexity index is 192. The summed E-state index contributed by atoms with van der Waals surface area (Å²) in [7, 11) is -4.64. The number of rotatable bonds is 3. The van der Waals surface area contributed by atoms with E-state index in [4.69, 9.17) is 19.2 Å². The summed E-state index contributed by atoms with van der Waals surface area (Å²) in [5.41, 5.74) is 0. The van der Waals surface area contributed by atoms with Gasteiger partial charge in [0.2, 0.25) is 0 Å². The fraction of sp³-hybridized carbons (Fsp3) is 0.400. The van der Waals surface area contributed by atoms with Crippen LogP contribution >= 0.6 is 7.82 Å². The van der Waals surface area contributed by atoms with Crippen molar-refractivity contribution in [1.82, 2.24) is 0 Å². The van der Waals surface area contributed by atoms with Crippen molar-refractivity contribution in [3.63, 3.8) is 0 Å². The molecule has 0 heterocycles. The van der Waals surface area contributed by atoms with Gasteiger partial charge in [-0.05, 0) is 0 Å². The minimum atomic E-state index is -4.64. The van der Waals surface area contributed by atoms with Crippen LogP contribution in [0, 0.1) is 0 Å². The van der Waals surface area contributed by atoms with E-state index in [1.54, 1.807) is 0 Å². The van der Waals surface area contributed by atoms with Crippen LogP contribution in [-0.2, 0) is 14.1 Å². The summed E-state index contributed by atoms with van der Waals surface area (Å²) >= 11 is 0. The molecule has 78 valence electrons. The molecule has 0 radical (unpaired) electrons. The van der Waals surface area contributed by atoms with Crippen LogP contribution in [0.2, 0.25) is 0 Å². The zero-order valence-electron chi connectivity index (χ0n) is 7.62. The number of esters is 1. The minimum absolute atomic E-state index is 0. The third kappa shape index (κ3) is 39.6. The predicted octanol–water partition coefficient (Wildman–Crippen LogP) is -4.85. The first-order chi connectivity index (χ1) is 5.81. The van der Waals surface area contributed by atoms with Gasteiger partial charge in [0, 0.05) is 6.08 Å². The molecule has 0 amide bonds. The molecule has 0 aromatic rings. The van der Waals surface area contributed by atoms with E-state index in [9.17, 15) is 9.90 Å². The van der Waals surface area contributed by atoms with Crippen LogP contribution in [0.25, 0.3) is 0 Å². The van der Waals surface area contributed by atoms with E-state index in [0.29, 0.717) is 0 Å². The van der Waals surface area contributed by atoms with Crippen molar-refractivity contribution in [3.8, 4) is 0 Å². The quantitative estimate of drug-likeness (QED) is 0.194. The second-order valence-corrected chi connectivity index (χ2v) is 2.62. The van der Waals surface area contributed by atoms with Crippen LogP contribution in [0.3, 0.4) is 0 Å². The van der Waals surface area contributed by atoms with Crippen LogP contribution in [0.5, 0.6) is 0 Å². The first-order valence-corrected chi connectivity index (χ1v) is 4.53. The molecule has 0 aromatic heterocycles. The van der Waals surface area contributed by atoms with Gasteiger partial charge in [-0.1, -0.05) is 6.58 Å². The molecule has 0 bridgehead atoms. The maximum atomic E-state index is 10.1. The van der Waals surface area contributed by atoms with Gasteiger partial charge < -0.3 is 24.5 Å². The van der Waals surface area contributed by atoms with Crippen molar-refractivity contribution >= 4 is 13.8 Å². The number of carbonyl (C=O) groups excluding carboxylic acids is 1. The standard InChI is InChI=1S/C5H7O3.Na.H3O4P/c1-2-5(7)8-4-3-6;;1-5(2,3)4/h2H,1,3-4H2;;(H3,1,2,3,4)/q-1;+1;. The number of ether oxygens (including phenoxy) is 1. The Morgan fingerprint density at radius 1 is 1.50 bits per heavy atom. The van der Waals surface area contributed by atoms with Gasteiger partial charge in [0.05, 0.1) is 6.61 Å². The Kier molecular flexibility index (Phi) is 16.1. The predicted molar refractivity (Wildman–Crippen MR) is 40.3 cm³/mol. The Hall–Kier alpha value is 0.280. The average Bonchev–Trinajstić information content (AvgIpc) is 1.97. The van der Waals surface area contributed by atoms with Crippen LogP contribution < -0.4 is 34.7 Å². The fourth-order valence-electron chi connectivity index (χ4n) is 0.201. The molecule has 3 N–H and O–H groups in total. The molecular formula is C5H10NaO7P. The number of hydrogen-bond acceptors (Lipinski definition) is 4. The van der Waals surface area contributed by atoms with Crippen molar-refractivity contribution in [2.24, 2.45) is 0 Å². The largest absolute Gasteiger partial charge is 1.00 e.